The molecule has 0 spiro atoms. The molecule has 10 nitrogen and oxygen atoms in total. The van der Waals surface area contributed by atoms with Crippen molar-refractivity contribution in [1.82, 2.24) is 35.1 Å². The fraction of sp³-hybridized carbons (Fsp3) is 0.389. The van der Waals surface area contributed by atoms with Crippen LogP contribution in [-0.4, -0.2) is 54.9 Å². The van der Waals surface area contributed by atoms with Crippen LogP contribution in [0.5, 0.6) is 0 Å². The van der Waals surface area contributed by atoms with Crippen LogP contribution < -0.4 is 10.9 Å². The summed E-state index contributed by atoms with van der Waals surface area (Å²) in [5, 5.41) is 18.5. The summed E-state index contributed by atoms with van der Waals surface area (Å²) in [5.41, 5.74) is 1.08. The molecule has 2 unspecified atom stereocenters. The first kappa shape index (κ1) is 16.9. The van der Waals surface area contributed by atoms with Crippen molar-refractivity contribution in [2.75, 3.05) is 13.2 Å². The molecule has 5 rings (SSSR count). The second-order valence-corrected chi connectivity index (χ2v) is 7.09. The summed E-state index contributed by atoms with van der Waals surface area (Å²) >= 11 is 0. The van der Waals surface area contributed by atoms with Gasteiger partial charge in [0.1, 0.15) is 11.7 Å². The number of rotatable bonds is 5. The van der Waals surface area contributed by atoms with E-state index in [0.29, 0.717) is 24.0 Å². The van der Waals surface area contributed by atoms with E-state index >= 15 is 0 Å². The highest BCUT2D eigenvalue weighted by molar-refractivity contribution is 5.92. The van der Waals surface area contributed by atoms with Crippen molar-refractivity contribution in [3.8, 4) is 5.82 Å². The summed E-state index contributed by atoms with van der Waals surface area (Å²) in [7, 11) is 0. The number of hydrogen-bond acceptors (Lipinski definition) is 6. The predicted molar refractivity (Wildman–Crippen MR) is 97.3 cm³/mol. The molecule has 0 bridgehead atoms. The van der Waals surface area contributed by atoms with Crippen LogP contribution in [-0.2, 0) is 4.74 Å². The summed E-state index contributed by atoms with van der Waals surface area (Å²) in [6.07, 6.45) is 5.64. The van der Waals surface area contributed by atoms with Gasteiger partial charge in [-0.2, -0.15) is 10.2 Å². The number of H-pyrrole nitrogens is 1. The maximum atomic E-state index is 12.6. The first-order valence-corrected chi connectivity index (χ1v) is 9.23. The molecule has 2 aliphatic rings. The summed E-state index contributed by atoms with van der Waals surface area (Å²) in [6, 6.07) is 5.83. The van der Waals surface area contributed by atoms with Gasteiger partial charge in [0.2, 0.25) is 0 Å². The van der Waals surface area contributed by atoms with Crippen molar-refractivity contribution in [3.05, 3.63) is 58.4 Å². The molecular formula is C18H19N7O3. The minimum atomic E-state index is -0.409. The molecule has 1 saturated heterocycles. The van der Waals surface area contributed by atoms with Crippen molar-refractivity contribution >= 4 is 5.91 Å². The molecule has 10 heteroatoms. The number of aromatic nitrogens is 6. The van der Waals surface area contributed by atoms with E-state index in [1.54, 1.807) is 35.3 Å². The topological polar surface area (TPSA) is 120 Å². The van der Waals surface area contributed by atoms with E-state index in [1.807, 2.05) is 0 Å². The molecule has 2 fully saturated rings. The van der Waals surface area contributed by atoms with Gasteiger partial charge in [0.15, 0.2) is 5.82 Å². The van der Waals surface area contributed by atoms with Gasteiger partial charge in [0.25, 0.3) is 11.5 Å². The summed E-state index contributed by atoms with van der Waals surface area (Å²) in [4.78, 5) is 25.0. The Kier molecular flexibility index (Phi) is 4.05. The van der Waals surface area contributed by atoms with Crippen LogP contribution in [0.1, 0.15) is 41.0 Å². The monoisotopic (exact) mass is 381 g/mol. The highest BCUT2D eigenvalue weighted by Gasteiger charge is 2.34. The van der Waals surface area contributed by atoms with Gasteiger partial charge >= 0.3 is 0 Å². The fourth-order valence-corrected chi connectivity index (χ4v) is 3.40. The van der Waals surface area contributed by atoms with Crippen molar-refractivity contribution in [3.63, 3.8) is 0 Å². The lowest BCUT2D eigenvalue weighted by atomic mass is 10.1. The third-order valence-electron chi connectivity index (χ3n) is 5.08. The van der Waals surface area contributed by atoms with Crippen LogP contribution in [0, 0.1) is 0 Å². The van der Waals surface area contributed by atoms with Gasteiger partial charge in [-0.1, -0.05) is 0 Å². The number of hydrogen-bond donors (Lipinski definition) is 2. The first-order valence-electron chi connectivity index (χ1n) is 9.23. The minimum Gasteiger partial charge on any atom is -0.377 e. The second kappa shape index (κ2) is 6.71. The lowest BCUT2D eigenvalue weighted by molar-refractivity contribution is 0.0919. The van der Waals surface area contributed by atoms with Crippen LogP contribution in [0.3, 0.4) is 0 Å². The summed E-state index contributed by atoms with van der Waals surface area (Å²) in [5.74, 6) is 0.715. The Bertz CT molecular complexity index is 1050. The van der Waals surface area contributed by atoms with Crippen LogP contribution in [0.25, 0.3) is 5.82 Å². The molecule has 3 aromatic rings. The van der Waals surface area contributed by atoms with Crippen molar-refractivity contribution in [2.24, 2.45) is 0 Å². The predicted octanol–water partition coefficient (Wildman–Crippen LogP) is 0.399. The lowest BCUT2D eigenvalue weighted by Crippen LogP contribution is -2.44. The molecule has 0 aromatic carbocycles. The zero-order valence-corrected chi connectivity index (χ0v) is 15.0. The minimum absolute atomic E-state index is 0.263. The van der Waals surface area contributed by atoms with Gasteiger partial charge in [-0.15, -0.1) is 5.10 Å². The standard InChI is InChI=1S/C18H19N7O3/c26-17-5-4-16(24-7-1-6-19-24)23-25(17)15-10-28-9-14(15)20-18(27)13-8-12(21-22-13)11-2-3-11/h1,4-8,11,14-15H,2-3,9-10H2,(H,20,27)(H,21,22). The van der Waals surface area contributed by atoms with Gasteiger partial charge in [-0.25, -0.2) is 9.36 Å². The molecule has 2 atom stereocenters. The normalized spacial score (nSPS) is 21.7. The molecular weight excluding hydrogens is 362 g/mol. The summed E-state index contributed by atoms with van der Waals surface area (Å²) < 4.78 is 8.46. The van der Waals surface area contributed by atoms with E-state index in [4.69, 9.17) is 4.74 Å². The molecule has 2 N–H and O–H groups in total. The average Bonchev–Trinajstić information content (AvgIpc) is 3.12. The van der Waals surface area contributed by atoms with Gasteiger partial charge in [-0.05, 0) is 31.0 Å². The Morgan fingerprint density at radius 1 is 1.29 bits per heavy atom. The number of aromatic amines is 1. The van der Waals surface area contributed by atoms with Gasteiger partial charge in [0, 0.05) is 30.1 Å². The Morgan fingerprint density at radius 3 is 2.96 bits per heavy atom. The SMILES string of the molecule is O=C(NC1COCC1n1nc(-n2cccn2)ccc1=O)c1cc(C2CC2)[nH]n1. The largest absolute Gasteiger partial charge is 0.377 e. The third-order valence-corrected chi connectivity index (χ3v) is 5.08. The number of amides is 1. The van der Waals surface area contributed by atoms with Gasteiger partial charge in [-0.3, -0.25) is 14.7 Å². The first-order chi connectivity index (χ1) is 13.7. The van der Waals surface area contributed by atoms with Crippen molar-refractivity contribution in [2.45, 2.75) is 30.8 Å². The van der Waals surface area contributed by atoms with E-state index < -0.39 is 6.04 Å². The third kappa shape index (κ3) is 3.11. The highest BCUT2D eigenvalue weighted by Crippen LogP contribution is 2.39. The highest BCUT2D eigenvalue weighted by atomic mass is 16.5. The zero-order chi connectivity index (χ0) is 19.1. The zero-order valence-electron chi connectivity index (χ0n) is 15.0. The molecule has 3 aromatic heterocycles. The number of nitrogens with one attached hydrogen (secondary N) is 2. The lowest BCUT2D eigenvalue weighted by Gasteiger charge is -2.20. The molecule has 28 heavy (non-hydrogen) atoms. The van der Waals surface area contributed by atoms with Crippen LogP contribution in [0.4, 0.5) is 0 Å². The van der Waals surface area contributed by atoms with Gasteiger partial charge < -0.3 is 10.1 Å². The summed E-state index contributed by atoms with van der Waals surface area (Å²) in [6.45, 7) is 0.588. The smallest absolute Gasteiger partial charge is 0.272 e. The van der Waals surface area contributed by atoms with E-state index in [2.05, 4.69) is 25.7 Å². The van der Waals surface area contributed by atoms with Gasteiger partial charge in [0.05, 0.1) is 19.3 Å². The van der Waals surface area contributed by atoms with Crippen molar-refractivity contribution in [1.29, 1.82) is 0 Å². The molecule has 4 heterocycles. The number of carbonyl (C=O) groups excluding carboxylic acids is 1. The Hall–Kier alpha value is -3.27. The van der Waals surface area contributed by atoms with E-state index in [0.717, 1.165) is 18.5 Å². The molecule has 1 aliphatic carbocycles. The van der Waals surface area contributed by atoms with Crippen molar-refractivity contribution < 1.29 is 9.53 Å². The molecule has 1 saturated carbocycles. The molecule has 0 radical (unpaired) electrons. The number of ether oxygens (including phenoxy) is 1. The Morgan fingerprint density at radius 2 is 2.18 bits per heavy atom. The molecule has 144 valence electrons. The van der Waals surface area contributed by atoms with E-state index in [-0.39, 0.29) is 24.1 Å². The number of carbonyl (C=O) groups is 1. The Balaban J connectivity index is 1.37. The fourth-order valence-electron chi connectivity index (χ4n) is 3.40. The van der Waals surface area contributed by atoms with Crippen LogP contribution in [0.15, 0.2) is 41.5 Å². The maximum absolute atomic E-state index is 12.6. The average molecular weight is 381 g/mol. The molecule has 1 amide bonds. The van der Waals surface area contributed by atoms with E-state index in [9.17, 15) is 9.59 Å². The van der Waals surface area contributed by atoms with E-state index in [1.165, 1.54) is 10.7 Å². The Labute approximate surface area is 159 Å². The van der Waals surface area contributed by atoms with Crippen LogP contribution >= 0.6 is 0 Å². The quantitative estimate of drug-likeness (QED) is 0.660. The molecule has 1 aliphatic heterocycles. The number of nitrogens with zero attached hydrogens (tertiary/aromatic N) is 5. The second-order valence-electron chi connectivity index (χ2n) is 7.09. The van der Waals surface area contributed by atoms with Crippen LogP contribution in [0.2, 0.25) is 0 Å². The maximum Gasteiger partial charge on any atom is 0.272 e.